The SMILES string of the molecule is CC(C)Cc1nc(-c2ccccc2[N+](=O)[O-])nc(N)c1I. The van der Waals surface area contributed by atoms with Gasteiger partial charge in [-0.3, -0.25) is 10.1 Å². The molecule has 2 N–H and O–H groups in total. The van der Waals surface area contributed by atoms with E-state index in [0.29, 0.717) is 23.1 Å². The molecule has 6 nitrogen and oxygen atoms in total. The quantitative estimate of drug-likeness (QED) is 0.484. The Kier molecular flexibility index (Phi) is 4.71. The van der Waals surface area contributed by atoms with Crippen molar-refractivity contribution in [2.24, 2.45) is 5.92 Å². The van der Waals surface area contributed by atoms with Crippen LogP contribution in [0, 0.1) is 19.6 Å². The Balaban J connectivity index is 2.60. The van der Waals surface area contributed by atoms with E-state index in [1.54, 1.807) is 18.2 Å². The van der Waals surface area contributed by atoms with E-state index in [-0.39, 0.29) is 5.69 Å². The molecule has 0 bridgehead atoms. The zero-order valence-corrected chi connectivity index (χ0v) is 13.9. The first-order chi connectivity index (χ1) is 9.90. The number of benzene rings is 1. The van der Waals surface area contributed by atoms with Gasteiger partial charge in [-0.15, -0.1) is 0 Å². The summed E-state index contributed by atoms with van der Waals surface area (Å²) in [5, 5.41) is 11.1. The minimum atomic E-state index is -0.436. The molecule has 0 aliphatic rings. The van der Waals surface area contributed by atoms with Crippen LogP contribution in [0.5, 0.6) is 0 Å². The number of hydrogen-bond acceptors (Lipinski definition) is 5. The molecule has 0 fully saturated rings. The first-order valence-electron chi connectivity index (χ1n) is 6.45. The van der Waals surface area contributed by atoms with E-state index in [9.17, 15) is 10.1 Å². The zero-order chi connectivity index (χ0) is 15.6. The van der Waals surface area contributed by atoms with Crippen molar-refractivity contribution in [1.29, 1.82) is 0 Å². The maximum Gasteiger partial charge on any atom is 0.280 e. The fourth-order valence-electron chi connectivity index (χ4n) is 1.98. The van der Waals surface area contributed by atoms with Crippen LogP contribution >= 0.6 is 22.6 Å². The molecule has 0 radical (unpaired) electrons. The summed E-state index contributed by atoms with van der Waals surface area (Å²) >= 11 is 2.11. The molecular formula is C14H15IN4O2. The summed E-state index contributed by atoms with van der Waals surface area (Å²) in [5.41, 5.74) is 7.12. The number of hydrogen-bond donors (Lipinski definition) is 1. The van der Waals surface area contributed by atoms with Gasteiger partial charge in [0, 0.05) is 6.07 Å². The number of halogens is 1. The maximum atomic E-state index is 11.1. The molecule has 1 aromatic heterocycles. The van der Waals surface area contributed by atoms with Crippen LogP contribution in [0.3, 0.4) is 0 Å². The lowest BCUT2D eigenvalue weighted by Crippen LogP contribution is -2.08. The highest BCUT2D eigenvalue weighted by atomic mass is 127. The number of nitrogens with zero attached hydrogens (tertiary/aromatic N) is 3. The van der Waals surface area contributed by atoms with E-state index in [1.165, 1.54) is 6.07 Å². The van der Waals surface area contributed by atoms with E-state index in [1.807, 2.05) is 0 Å². The Morgan fingerprint density at radius 1 is 1.33 bits per heavy atom. The molecule has 0 unspecified atom stereocenters. The second kappa shape index (κ2) is 6.33. The van der Waals surface area contributed by atoms with E-state index in [4.69, 9.17) is 5.73 Å². The first kappa shape index (κ1) is 15.6. The molecule has 0 amide bonds. The molecular weight excluding hydrogens is 383 g/mol. The average Bonchev–Trinajstić information content (AvgIpc) is 2.43. The van der Waals surface area contributed by atoms with Crippen LogP contribution in [0.1, 0.15) is 19.5 Å². The molecule has 21 heavy (non-hydrogen) atoms. The van der Waals surface area contributed by atoms with Crippen LogP contribution in [0.2, 0.25) is 0 Å². The summed E-state index contributed by atoms with van der Waals surface area (Å²) in [6.07, 6.45) is 0.749. The fourth-order valence-corrected chi connectivity index (χ4v) is 2.44. The molecule has 0 saturated carbocycles. The van der Waals surface area contributed by atoms with Gasteiger partial charge in [0.2, 0.25) is 0 Å². The maximum absolute atomic E-state index is 11.1. The van der Waals surface area contributed by atoms with Crippen molar-refractivity contribution in [3.05, 3.63) is 43.6 Å². The molecule has 1 heterocycles. The summed E-state index contributed by atoms with van der Waals surface area (Å²) in [6.45, 7) is 4.16. The molecule has 0 aliphatic carbocycles. The lowest BCUT2D eigenvalue weighted by molar-refractivity contribution is -0.384. The number of anilines is 1. The molecule has 0 atom stereocenters. The Morgan fingerprint density at radius 3 is 2.62 bits per heavy atom. The fraction of sp³-hybridized carbons (Fsp3) is 0.286. The minimum absolute atomic E-state index is 0.0198. The second-order valence-electron chi connectivity index (χ2n) is 5.07. The van der Waals surface area contributed by atoms with Gasteiger partial charge in [0.25, 0.3) is 5.69 Å². The summed E-state index contributed by atoms with van der Waals surface area (Å²) in [5.74, 6) is 1.07. The van der Waals surface area contributed by atoms with Crippen LogP contribution in [0.25, 0.3) is 11.4 Å². The molecule has 110 valence electrons. The normalized spacial score (nSPS) is 10.9. The van der Waals surface area contributed by atoms with Gasteiger partial charge in [-0.25, -0.2) is 9.97 Å². The number of nitro groups is 1. The third kappa shape index (κ3) is 3.46. The second-order valence-corrected chi connectivity index (χ2v) is 6.14. The highest BCUT2D eigenvalue weighted by molar-refractivity contribution is 14.1. The molecule has 2 aromatic rings. The predicted octanol–water partition coefficient (Wildman–Crippen LogP) is 3.44. The average molecular weight is 398 g/mol. The van der Waals surface area contributed by atoms with E-state index >= 15 is 0 Å². The molecule has 0 saturated heterocycles. The van der Waals surface area contributed by atoms with E-state index < -0.39 is 4.92 Å². The highest BCUT2D eigenvalue weighted by Gasteiger charge is 2.19. The van der Waals surface area contributed by atoms with Crippen molar-refractivity contribution in [3.8, 4) is 11.4 Å². The van der Waals surface area contributed by atoms with Crippen molar-refractivity contribution < 1.29 is 4.92 Å². The third-order valence-electron chi connectivity index (χ3n) is 2.89. The summed E-state index contributed by atoms with van der Waals surface area (Å²) in [4.78, 5) is 19.4. The van der Waals surface area contributed by atoms with Gasteiger partial charge in [0.15, 0.2) is 5.82 Å². The number of para-hydroxylation sites is 1. The molecule has 2 rings (SSSR count). The van der Waals surface area contributed by atoms with Gasteiger partial charge in [0.1, 0.15) is 5.82 Å². The predicted molar refractivity (Wildman–Crippen MR) is 89.8 cm³/mol. The molecule has 1 aromatic carbocycles. The topological polar surface area (TPSA) is 94.9 Å². The lowest BCUT2D eigenvalue weighted by atomic mass is 10.1. The van der Waals surface area contributed by atoms with Crippen molar-refractivity contribution in [1.82, 2.24) is 9.97 Å². The van der Waals surface area contributed by atoms with Crippen LogP contribution in [0.4, 0.5) is 11.5 Å². The minimum Gasteiger partial charge on any atom is -0.383 e. The smallest absolute Gasteiger partial charge is 0.280 e. The van der Waals surface area contributed by atoms with Gasteiger partial charge in [-0.2, -0.15) is 0 Å². The van der Waals surface area contributed by atoms with Crippen molar-refractivity contribution in [3.63, 3.8) is 0 Å². The lowest BCUT2D eigenvalue weighted by Gasteiger charge is -2.11. The van der Waals surface area contributed by atoms with E-state index in [2.05, 4.69) is 46.4 Å². The Hall–Kier alpha value is -1.77. The zero-order valence-electron chi connectivity index (χ0n) is 11.7. The van der Waals surface area contributed by atoms with Gasteiger partial charge < -0.3 is 5.73 Å². The molecule has 0 spiro atoms. The van der Waals surface area contributed by atoms with Gasteiger partial charge >= 0.3 is 0 Å². The van der Waals surface area contributed by atoms with Gasteiger partial charge in [-0.1, -0.05) is 26.0 Å². The van der Waals surface area contributed by atoms with Gasteiger partial charge in [-0.05, 0) is 41.0 Å². The van der Waals surface area contributed by atoms with Gasteiger partial charge in [0.05, 0.1) is 19.8 Å². The number of nitro benzene ring substituents is 1. The van der Waals surface area contributed by atoms with Crippen LogP contribution in [-0.2, 0) is 6.42 Å². The van der Waals surface area contributed by atoms with Crippen LogP contribution in [0.15, 0.2) is 24.3 Å². The Bertz CT molecular complexity index is 689. The van der Waals surface area contributed by atoms with Crippen molar-refractivity contribution in [2.75, 3.05) is 5.73 Å². The standard InChI is InChI=1S/C14H15IN4O2/c1-8(2)7-10-12(15)13(16)18-14(17-10)9-5-3-4-6-11(9)19(20)21/h3-6,8H,7H2,1-2H3,(H2,16,17,18). The van der Waals surface area contributed by atoms with Crippen molar-refractivity contribution in [2.45, 2.75) is 20.3 Å². The summed E-state index contributed by atoms with van der Waals surface area (Å²) in [7, 11) is 0. The summed E-state index contributed by atoms with van der Waals surface area (Å²) in [6, 6.07) is 6.42. The van der Waals surface area contributed by atoms with Crippen LogP contribution < -0.4 is 5.73 Å². The van der Waals surface area contributed by atoms with E-state index in [0.717, 1.165) is 15.7 Å². The van der Waals surface area contributed by atoms with Crippen LogP contribution in [-0.4, -0.2) is 14.9 Å². The highest BCUT2D eigenvalue weighted by Crippen LogP contribution is 2.29. The Labute approximate surface area is 136 Å². The number of rotatable bonds is 4. The Morgan fingerprint density at radius 2 is 2.00 bits per heavy atom. The first-order valence-corrected chi connectivity index (χ1v) is 7.53. The largest absolute Gasteiger partial charge is 0.383 e. The molecule has 0 aliphatic heterocycles. The number of nitrogen functional groups attached to an aromatic ring is 1. The monoisotopic (exact) mass is 398 g/mol. The third-order valence-corrected chi connectivity index (χ3v) is 4.06. The summed E-state index contributed by atoms with van der Waals surface area (Å²) < 4.78 is 0.809. The van der Waals surface area contributed by atoms with Crippen molar-refractivity contribution >= 4 is 34.1 Å². The number of aromatic nitrogens is 2. The molecule has 7 heteroatoms. The number of nitrogens with two attached hydrogens (primary N) is 1.